The highest BCUT2D eigenvalue weighted by molar-refractivity contribution is 14.1. The quantitative estimate of drug-likeness (QED) is 0.476. The van der Waals surface area contributed by atoms with Gasteiger partial charge in [0.15, 0.2) is 0 Å². The third-order valence-electron chi connectivity index (χ3n) is 3.24. The predicted molar refractivity (Wildman–Crippen MR) is 102 cm³/mol. The van der Waals surface area contributed by atoms with Crippen LogP contribution in [0.1, 0.15) is 5.56 Å². The number of anilines is 1. The number of hydrogen-bond donors (Lipinski definition) is 1. The van der Waals surface area contributed by atoms with Crippen LogP contribution in [-0.2, 0) is 4.79 Å². The number of carbonyl (C=O) groups is 1. The lowest BCUT2D eigenvalue weighted by Crippen LogP contribution is -2.14. The summed E-state index contributed by atoms with van der Waals surface area (Å²) in [6, 6.07) is 15.5. The average Bonchev–Trinajstić information content (AvgIpc) is 3.04. The molecule has 0 aliphatic rings. The van der Waals surface area contributed by atoms with E-state index < -0.39 is 0 Å². The molecule has 0 unspecified atom stereocenters. The van der Waals surface area contributed by atoms with Crippen molar-refractivity contribution in [3.05, 3.63) is 57.7 Å². The van der Waals surface area contributed by atoms with Crippen LogP contribution in [0.5, 0.6) is 0 Å². The number of hydrogen-bond acceptors (Lipinski definition) is 5. The molecule has 122 valence electrons. The molecule has 2 aromatic carbocycles. The number of halogens is 1. The molecule has 0 aliphatic heterocycles. The number of carbonyl (C=O) groups excluding carboxylic acids is 1. The Hall–Kier alpha value is -1.94. The van der Waals surface area contributed by atoms with E-state index in [1.54, 1.807) is 4.68 Å². The van der Waals surface area contributed by atoms with Crippen LogP contribution < -0.4 is 5.32 Å². The Balaban J connectivity index is 1.65. The van der Waals surface area contributed by atoms with Gasteiger partial charge in [0.25, 0.3) is 0 Å². The number of para-hydroxylation sites is 1. The topological polar surface area (TPSA) is 72.7 Å². The monoisotopic (exact) mass is 451 g/mol. The first kappa shape index (κ1) is 16.9. The fourth-order valence-corrected chi connectivity index (χ4v) is 3.12. The van der Waals surface area contributed by atoms with E-state index >= 15 is 0 Å². The smallest absolute Gasteiger partial charge is 0.234 e. The van der Waals surface area contributed by atoms with Gasteiger partial charge in [0.1, 0.15) is 0 Å². The molecule has 1 amide bonds. The molecule has 0 saturated carbocycles. The van der Waals surface area contributed by atoms with E-state index in [0.29, 0.717) is 5.16 Å². The van der Waals surface area contributed by atoms with Gasteiger partial charge in [0.2, 0.25) is 11.1 Å². The summed E-state index contributed by atoms with van der Waals surface area (Å²) in [6.07, 6.45) is 0. The van der Waals surface area contributed by atoms with Gasteiger partial charge in [0, 0.05) is 9.26 Å². The maximum atomic E-state index is 12.1. The number of thioether (sulfide) groups is 1. The first-order valence-corrected chi connectivity index (χ1v) is 9.22. The van der Waals surface area contributed by atoms with E-state index in [1.807, 2.05) is 55.5 Å². The van der Waals surface area contributed by atoms with Crippen LogP contribution in [0, 0.1) is 10.5 Å². The third-order valence-corrected chi connectivity index (χ3v) is 4.88. The van der Waals surface area contributed by atoms with Crippen LogP contribution in [0.4, 0.5) is 5.69 Å². The lowest BCUT2D eigenvalue weighted by atomic mass is 10.2. The van der Waals surface area contributed by atoms with Crippen LogP contribution in [0.25, 0.3) is 5.69 Å². The Morgan fingerprint density at radius 3 is 2.71 bits per heavy atom. The van der Waals surface area contributed by atoms with Gasteiger partial charge in [-0.1, -0.05) is 30.0 Å². The number of nitrogens with zero attached hydrogens (tertiary/aromatic N) is 4. The van der Waals surface area contributed by atoms with E-state index in [0.717, 1.165) is 20.5 Å². The summed E-state index contributed by atoms with van der Waals surface area (Å²) in [7, 11) is 0. The fraction of sp³-hybridized carbons (Fsp3) is 0.125. The van der Waals surface area contributed by atoms with Gasteiger partial charge in [-0.25, -0.2) is 0 Å². The lowest BCUT2D eigenvalue weighted by molar-refractivity contribution is -0.113. The maximum Gasteiger partial charge on any atom is 0.234 e. The second-order valence-electron chi connectivity index (χ2n) is 5.00. The molecule has 0 aliphatic carbocycles. The number of nitrogens with one attached hydrogen (secondary N) is 1. The highest BCUT2D eigenvalue weighted by Crippen LogP contribution is 2.20. The summed E-state index contributed by atoms with van der Waals surface area (Å²) >= 11 is 3.52. The van der Waals surface area contributed by atoms with Crippen molar-refractivity contribution in [3.63, 3.8) is 0 Å². The van der Waals surface area contributed by atoms with Crippen LogP contribution in [0.15, 0.2) is 53.7 Å². The number of amides is 1. The van der Waals surface area contributed by atoms with Crippen molar-refractivity contribution >= 4 is 45.9 Å². The number of rotatable bonds is 5. The summed E-state index contributed by atoms with van der Waals surface area (Å²) in [6.45, 7) is 1.99. The number of aryl methyl sites for hydroxylation is 1. The molecular formula is C16H14IN5OS. The maximum absolute atomic E-state index is 12.1. The zero-order valence-corrected chi connectivity index (χ0v) is 15.8. The molecule has 0 atom stereocenters. The van der Waals surface area contributed by atoms with E-state index in [2.05, 4.69) is 43.4 Å². The number of tetrazole rings is 1. The molecule has 1 heterocycles. The number of aromatic nitrogens is 4. The van der Waals surface area contributed by atoms with Crippen LogP contribution in [0.2, 0.25) is 0 Å². The molecule has 8 heteroatoms. The molecule has 0 bridgehead atoms. The second kappa shape index (κ2) is 7.75. The molecule has 3 rings (SSSR count). The molecule has 0 spiro atoms. The van der Waals surface area contributed by atoms with Crippen molar-refractivity contribution in [2.24, 2.45) is 0 Å². The second-order valence-corrected chi connectivity index (χ2v) is 7.19. The van der Waals surface area contributed by atoms with Crippen molar-refractivity contribution in [1.82, 2.24) is 20.2 Å². The summed E-state index contributed by atoms with van der Waals surface area (Å²) < 4.78 is 2.77. The van der Waals surface area contributed by atoms with Gasteiger partial charge in [0.05, 0.1) is 11.4 Å². The fourth-order valence-electron chi connectivity index (χ4n) is 2.08. The molecule has 1 N–H and O–H groups in total. The molecule has 1 aromatic heterocycles. The molecule has 24 heavy (non-hydrogen) atoms. The van der Waals surface area contributed by atoms with E-state index in [4.69, 9.17) is 0 Å². The van der Waals surface area contributed by atoms with Crippen molar-refractivity contribution < 1.29 is 4.79 Å². The standard InChI is InChI=1S/C16H14IN5OS/c1-11-4-2-3-5-14(11)22-16(19-20-21-22)24-10-15(23)18-13-8-6-12(17)7-9-13/h2-9H,10H2,1H3,(H,18,23). The Kier molecular flexibility index (Phi) is 5.46. The van der Waals surface area contributed by atoms with Crippen molar-refractivity contribution in [2.45, 2.75) is 12.1 Å². The predicted octanol–water partition coefficient (Wildman–Crippen LogP) is 3.31. The summed E-state index contributed by atoms with van der Waals surface area (Å²) in [5, 5.41) is 15.2. The van der Waals surface area contributed by atoms with E-state index in [9.17, 15) is 4.79 Å². The highest BCUT2D eigenvalue weighted by atomic mass is 127. The Morgan fingerprint density at radius 1 is 1.21 bits per heavy atom. The van der Waals surface area contributed by atoms with E-state index in [-0.39, 0.29) is 11.7 Å². The molecular weight excluding hydrogens is 437 g/mol. The van der Waals surface area contributed by atoms with Crippen molar-refractivity contribution in [3.8, 4) is 5.69 Å². The van der Waals surface area contributed by atoms with Gasteiger partial charge < -0.3 is 5.32 Å². The van der Waals surface area contributed by atoms with E-state index in [1.165, 1.54) is 11.8 Å². The molecule has 0 radical (unpaired) electrons. The Morgan fingerprint density at radius 2 is 1.96 bits per heavy atom. The minimum Gasteiger partial charge on any atom is -0.325 e. The summed E-state index contributed by atoms with van der Waals surface area (Å²) in [5.41, 5.74) is 2.75. The SMILES string of the molecule is Cc1ccccc1-n1nnnc1SCC(=O)Nc1ccc(I)cc1. The van der Waals surface area contributed by atoms with Gasteiger partial charge in [-0.15, -0.1) is 5.10 Å². The molecule has 0 saturated heterocycles. The highest BCUT2D eigenvalue weighted by Gasteiger charge is 2.13. The first-order chi connectivity index (χ1) is 11.6. The zero-order chi connectivity index (χ0) is 16.9. The normalized spacial score (nSPS) is 10.6. The van der Waals surface area contributed by atoms with Gasteiger partial charge in [-0.3, -0.25) is 4.79 Å². The summed E-state index contributed by atoms with van der Waals surface area (Å²) in [4.78, 5) is 12.1. The molecule has 3 aromatic rings. The largest absolute Gasteiger partial charge is 0.325 e. The number of benzene rings is 2. The zero-order valence-electron chi connectivity index (χ0n) is 12.8. The van der Waals surface area contributed by atoms with Gasteiger partial charge in [-0.05, 0) is 75.8 Å². The van der Waals surface area contributed by atoms with Crippen LogP contribution in [-0.4, -0.2) is 31.9 Å². The minimum atomic E-state index is -0.0967. The molecule has 6 nitrogen and oxygen atoms in total. The summed E-state index contributed by atoms with van der Waals surface area (Å²) in [5.74, 6) is 0.138. The third kappa shape index (κ3) is 4.12. The van der Waals surface area contributed by atoms with Crippen molar-refractivity contribution in [1.29, 1.82) is 0 Å². The van der Waals surface area contributed by atoms with Crippen LogP contribution in [0.3, 0.4) is 0 Å². The lowest BCUT2D eigenvalue weighted by Gasteiger charge is -2.07. The first-order valence-electron chi connectivity index (χ1n) is 7.16. The van der Waals surface area contributed by atoms with Crippen molar-refractivity contribution in [2.75, 3.05) is 11.1 Å². The average molecular weight is 451 g/mol. The van der Waals surface area contributed by atoms with Gasteiger partial charge in [-0.2, -0.15) is 4.68 Å². The Bertz CT molecular complexity index is 850. The van der Waals surface area contributed by atoms with Gasteiger partial charge >= 0.3 is 0 Å². The Labute approximate surface area is 157 Å². The molecule has 0 fully saturated rings. The van der Waals surface area contributed by atoms with Crippen LogP contribution >= 0.6 is 34.4 Å². The minimum absolute atomic E-state index is 0.0967.